The molecule has 0 fully saturated rings. The summed E-state index contributed by atoms with van der Waals surface area (Å²) in [6.07, 6.45) is 2.93. The smallest absolute Gasteiger partial charge is 0.250 e. The van der Waals surface area contributed by atoms with Crippen molar-refractivity contribution in [3.8, 4) is 11.5 Å². The van der Waals surface area contributed by atoms with Crippen molar-refractivity contribution in [3.63, 3.8) is 0 Å². The average molecular weight is 517 g/mol. The van der Waals surface area contributed by atoms with E-state index in [1.54, 1.807) is 48.5 Å². The Morgan fingerprint density at radius 1 is 0.538 bits per heavy atom. The van der Waals surface area contributed by atoms with Crippen LogP contribution in [0.25, 0.3) is 0 Å². The first kappa shape index (κ1) is 24.9. The predicted molar refractivity (Wildman–Crippen MR) is 153 cm³/mol. The van der Waals surface area contributed by atoms with Gasteiger partial charge in [-0.3, -0.25) is 4.90 Å². The van der Waals surface area contributed by atoms with Gasteiger partial charge in [-0.25, -0.2) is 10.9 Å². The fraction of sp³-hybridized carbons (Fsp3) is 0. The molecular formula is C29H24N8O2. The summed E-state index contributed by atoms with van der Waals surface area (Å²) in [5, 5.41) is 28.4. The molecule has 0 bridgehead atoms. The average Bonchev–Trinajstić information content (AvgIpc) is 2.96. The van der Waals surface area contributed by atoms with Crippen molar-refractivity contribution in [2.75, 3.05) is 15.8 Å². The molecule has 0 saturated heterocycles. The van der Waals surface area contributed by atoms with Gasteiger partial charge in [0, 0.05) is 22.5 Å². The Balaban J connectivity index is 1.51. The van der Waals surface area contributed by atoms with Gasteiger partial charge in [-0.15, -0.1) is 0 Å². The number of phenolic OH excluding ortho intramolecular Hbond substituents is 2. The first-order valence-electron chi connectivity index (χ1n) is 12.0. The molecule has 39 heavy (non-hydrogen) atoms. The van der Waals surface area contributed by atoms with E-state index in [4.69, 9.17) is 0 Å². The standard InChI is InChI=1S/C29H24N8O2/c38-25-17-9-7-11-21(25)19-30-35-27-32-28(36-31-20-22-12-8-10-18-26(22)39)34-29(33-27)37(23-13-3-1-4-14-23)24-15-5-2-6-16-24/h1-20,38-39H,(H2,32,33,34,35,36). The van der Waals surface area contributed by atoms with Crippen LogP contribution in [0.1, 0.15) is 11.1 Å². The molecule has 4 N–H and O–H groups in total. The number of hydrogen-bond acceptors (Lipinski definition) is 10. The molecule has 0 aliphatic heterocycles. The Labute approximate surface area is 224 Å². The van der Waals surface area contributed by atoms with Crippen molar-refractivity contribution in [3.05, 3.63) is 120 Å². The number of aromatic nitrogens is 3. The van der Waals surface area contributed by atoms with Crippen LogP contribution < -0.4 is 15.8 Å². The van der Waals surface area contributed by atoms with E-state index >= 15 is 0 Å². The number of nitrogens with one attached hydrogen (secondary N) is 2. The molecular weight excluding hydrogens is 492 g/mol. The third kappa shape index (κ3) is 6.33. The Morgan fingerprint density at radius 2 is 0.949 bits per heavy atom. The van der Waals surface area contributed by atoms with Crippen LogP contribution >= 0.6 is 0 Å². The maximum atomic E-state index is 10.0. The van der Waals surface area contributed by atoms with Gasteiger partial charge in [0.2, 0.25) is 17.8 Å². The van der Waals surface area contributed by atoms with Gasteiger partial charge in [-0.1, -0.05) is 60.7 Å². The van der Waals surface area contributed by atoms with E-state index in [1.165, 1.54) is 12.4 Å². The van der Waals surface area contributed by atoms with Crippen LogP contribution in [0, 0.1) is 0 Å². The number of anilines is 5. The fourth-order valence-electron chi connectivity index (χ4n) is 3.61. The normalized spacial score (nSPS) is 11.1. The number of phenols is 2. The van der Waals surface area contributed by atoms with E-state index in [0.717, 1.165) is 11.4 Å². The van der Waals surface area contributed by atoms with Crippen molar-refractivity contribution in [2.24, 2.45) is 10.2 Å². The summed E-state index contributed by atoms with van der Waals surface area (Å²) < 4.78 is 0. The van der Waals surface area contributed by atoms with Crippen LogP contribution in [-0.4, -0.2) is 37.6 Å². The monoisotopic (exact) mass is 516 g/mol. The number of aromatic hydroxyl groups is 2. The highest BCUT2D eigenvalue weighted by Gasteiger charge is 2.17. The molecule has 1 aromatic heterocycles. The minimum atomic E-state index is 0.0968. The molecule has 10 nitrogen and oxygen atoms in total. The second-order valence-corrected chi connectivity index (χ2v) is 8.15. The summed E-state index contributed by atoms with van der Waals surface area (Å²) in [5.74, 6) is 0.787. The minimum Gasteiger partial charge on any atom is -0.507 e. The van der Waals surface area contributed by atoms with Crippen molar-refractivity contribution in [1.82, 2.24) is 15.0 Å². The number of hydrazone groups is 2. The van der Waals surface area contributed by atoms with Gasteiger partial charge in [0.1, 0.15) is 11.5 Å². The lowest BCUT2D eigenvalue weighted by molar-refractivity contribution is 0.474. The molecule has 0 atom stereocenters. The van der Waals surface area contributed by atoms with Crippen molar-refractivity contribution < 1.29 is 10.2 Å². The maximum absolute atomic E-state index is 10.0. The Kier molecular flexibility index (Phi) is 7.65. The number of nitrogens with zero attached hydrogens (tertiary/aromatic N) is 6. The van der Waals surface area contributed by atoms with Gasteiger partial charge in [0.25, 0.3) is 0 Å². The largest absolute Gasteiger partial charge is 0.507 e. The molecule has 0 saturated carbocycles. The fourth-order valence-corrected chi connectivity index (χ4v) is 3.61. The van der Waals surface area contributed by atoms with E-state index in [0.29, 0.717) is 17.1 Å². The molecule has 192 valence electrons. The number of para-hydroxylation sites is 4. The zero-order valence-corrected chi connectivity index (χ0v) is 20.6. The molecule has 0 amide bonds. The maximum Gasteiger partial charge on any atom is 0.250 e. The van der Waals surface area contributed by atoms with Crippen LogP contribution in [0.4, 0.5) is 29.2 Å². The molecule has 0 spiro atoms. The molecule has 4 aromatic carbocycles. The molecule has 0 aliphatic carbocycles. The van der Waals surface area contributed by atoms with Crippen LogP contribution in [0.5, 0.6) is 11.5 Å². The molecule has 1 heterocycles. The quantitative estimate of drug-likeness (QED) is 0.146. The molecule has 0 radical (unpaired) electrons. The topological polar surface area (TPSA) is 131 Å². The molecule has 5 aromatic rings. The van der Waals surface area contributed by atoms with Gasteiger partial charge in [-0.05, 0) is 48.5 Å². The SMILES string of the molecule is Oc1ccccc1C=NNc1nc(NN=Cc2ccccc2O)nc(N(c2ccccc2)c2ccccc2)n1. The van der Waals surface area contributed by atoms with Crippen molar-refractivity contribution in [1.29, 1.82) is 0 Å². The van der Waals surface area contributed by atoms with E-state index < -0.39 is 0 Å². The third-order valence-electron chi connectivity index (χ3n) is 5.46. The highest BCUT2D eigenvalue weighted by Crippen LogP contribution is 2.32. The van der Waals surface area contributed by atoms with E-state index in [-0.39, 0.29) is 23.4 Å². The van der Waals surface area contributed by atoms with Gasteiger partial charge < -0.3 is 10.2 Å². The zero-order valence-electron chi connectivity index (χ0n) is 20.6. The minimum absolute atomic E-state index is 0.0968. The number of benzene rings is 4. The van der Waals surface area contributed by atoms with Gasteiger partial charge in [0.15, 0.2) is 0 Å². The Hall–Kier alpha value is -5.77. The molecule has 0 unspecified atom stereocenters. The second kappa shape index (κ2) is 12.0. The number of hydrogen-bond donors (Lipinski definition) is 4. The van der Waals surface area contributed by atoms with Gasteiger partial charge >= 0.3 is 0 Å². The first-order valence-corrected chi connectivity index (χ1v) is 12.0. The van der Waals surface area contributed by atoms with Crippen LogP contribution in [0.2, 0.25) is 0 Å². The molecule has 0 aliphatic rings. The lowest BCUT2D eigenvalue weighted by Crippen LogP contribution is -2.16. The van der Waals surface area contributed by atoms with E-state index in [9.17, 15) is 10.2 Å². The summed E-state index contributed by atoms with van der Waals surface area (Å²) >= 11 is 0. The zero-order chi connectivity index (χ0) is 26.9. The summed E-state index contributed by atoms with van der Waals surface area (Å²) in [6, 6.07) is 33.0. The van der Waals surface area contributed by atoms with Crippen LogP contribution in [0.15, 0.2) is 119 Å². The summed E-state index contributed by atoms with van der Waals surface area (Å²) in [4.78, 5) is 15.5. The predicted octanol–water partition coefficient (Wildman–Crippen LogP) is 5.64. The van der Waals surface area contributed by atoms with Gasteiger partial charge in [-0.2, -0.15) is 25.2 Å². The molecule has 10 heteroatoms. The Morgan fingerprint density at radius 3 is 1.38 bits per heavy atom. The van der Waals surface area contributed by atoms with Gasteiger partial charge in [0.05, 0.1) is 12.4 Å². The van der Waals surface area contributed by atoms with Crippen LogP contribution in [0.3, 0.4) is 0 Å². The van der Waals surface area contributed by atoms with E-state index in [2.05, 4.69) is 36.0 Å². The summed E-state index contributed by atoms with van der Waals surface area (Å²) in [5.41, 5.74) is 8.35. The van der Waals surface area contributed by atoms with Crippen LogP contribution in [-0.2, 0) is 0 Å². The highest BCUT2D eigenvalue weighted by molar-refractivity contribution is 5.84. The van der Waals surface area contributed by atoms with Crippen molar-refractivity contribution in [2.45, 2.75) is 0 Å². The second-order valence-electron chi connectivity index (χ2n) is 8.15. The number of rotatable bonds is 9. The lowest BCUT2D eigenvalue weighted by Gasteiger charge is -2.23. The third-order valence-corrected chi connectivity index (χ3v) is 5.46. The lowest BCUT2D eigenvalue weighted by atomic mass is 10.2. The first-order chi connectivity index (χ1) is 19.2. The summed E-state index contributed by atoms with van der Waals surface area (Å²) in [7, 11) is 0. The molecule has 5 rings (SSSR count). The highest BCUT2D eigenvalue weighted by atomic mass is 16.3. The van der Waals surface area contributed by atoms with Crippen molar-refractivity contribution >= 4 is 41.6 Å². The summed E-state index contributed by atoms with van der Waals surface area (Å²) in [6.45, 7) is 0. The Bertz CT molecular complexity index is 1480. The van der Waals surface area contributed by atoms with E-state index in [1.807, 2.05) is 65.6 Å².